The molecule has 0 aromatic carbocycles. The fraction of sp³-hybridized carbons (Fsp3) is 0.500. The fourth-order valence-electron chi connectivity index (χ4n) is 0.738. The lowest BCUT2D eigenvalue weighted by Crippen LogP contribution is -2.13. The van der Waals surface area contributed by atoms with E-state index < -0.39 is 0 Å². The average molecular weight is 154 g/mol. The lowest BCUT2D eigenvalue weighted by atomic mass is 10.5. The number of carbonyl (C=O) groups is 1. The molecule has 60 valence electrons. The van der Waals surface area contributed by atoms with E-state index in [2.05, 4.69) is 15.5 Å². The van der Waals surface area contributed by atoms with Crippen molar-refractivity contribution in [2.45, 2.75) is 13.5 Å². The van der Waals surface area contributed by atoms with Crippen molar-refractivity contribution in [2.24, 2.45) is 7.05 Å². The first-order valence-corrected chi connectivity index (χ1v) is 3.27. The zero-order chi connectivity index (χ0) is 8.27. The first kappa shape index (κ1) is 7.71. The first-order chi connectivity index (χ1) is 5.25. The fourth-order valence-corrected chi connectivity index (χ4v) is 0.738. The highest BCUT2D eigenvalue weighted by molar-refractivity contribution is 5.45. The molecule has 0 spiro atoms. The van der Waals surface area contributed by atoms with Gasteiger partial charge in [0.05, 0.1) is 6.54 Å². The van der Waals surface area contributed by atoms with E-state index in [1.165, 1.54) is 0 Å². The summed E-state index contributed by atoms with van der Waals surface area (Å²) in [6.45, 7) is 2.29. The maximum Gasteiger partial charge on any atom is 0.207 e. The van der Waals surface area contributed by atoms with Gasteiger partial charge in [0.2, 0.25) is 6.41 Å². The third-order valence-corrected chi connectivity index (χ3v) is 1.53. The smallest absolute Gasteiger partial charge is 0.207 e. The molecular weight excluding hydrogens is 144 g/mol. The Morgan fingerprint density at radius 3 is 2.82 bits per heavy atom. The third kappa shape index (κ3) is 1.54. The van der Waals surface area contributed by atoms with E-state index in [4.69, 9.17) is 0 Å². The predicted octanol–water partition coefficient (Wildman–Crippen LogP) is -0.630. The molecule has 1 aromatic heterocycles. The summed E-state index contributed by atoms with van der Waals surface area (Å²) in [5.74, 6) is 1.60. The minimum Gasteiger partial charge on any atom is -0.351 e. The molecule has 5 heteroatoms. The summed E-state index contributed by atoms with van der Waals surface area (Å²) in [5.41, 5.74) is 0. The number of rotatable bonds is 3. The lowest BCUT2D eigenvalue weighted by Gasteiger charge is -1.98. The van der Waals surface area contributed by atoms with Crippen LogP contribution in [0.2, 0.25) is 0 Å². The number of hydrogen-bond acceptors (Lipinski definition) is 3. The SMILES string of the molecule is Cc1nnc(CNC=O)n1C. The Morgan fingerprint density at radius 1 is 1.64 bits per heavy atom. The van der Waals surface area contributed by atoms with Crippen molar-refractivity contribution >= 4 is 6.41 Å². The summed E-state index contributed by atoms with van der Waals surface area (Å²) in [4.78, 5) is 9.93. The van der Waals surface area contributed by atoms with Gasteiger partial charge in [-0.05, 0) is 6.92 Å². The second-order valence-electron chi connectivity index (χ2n) is 2.22. The van der Waals surface area contributed by atoms with Crippen molar-refractivity contribution in [3.63, 3.8) is 0 Å². The number of nitrogens with one attached hydrogen (secondary N) is 1. The van der Waals surface area contributed by atoms with Crippen LogP contribution in [-0.4, -0.2) is 21.2 Å². The van der Waals surface area contributed by atoms with Gasteiger partial charge in [0, 0.05) is 7.05 Å². The number of aromatic nitrogens is 3. The predicted molar refractivity (Wildman–Crippen MR) is 38.6 cm³/mol. The number of amides is 1. The maximum atomic E-state index is 9.93. The Labute approximate surface area is 64.4 Å². The molecular formula is C6H10N4O. The maximum absolute atomic E-state index is 9.93. The van der Waals surface area contributed by atoms with Crippen LogP contribution in [0.1, 0.15) is 11.6 Å². The van der Waals surface area contributed by atoms with E-state index in [9.17, 15) is 4.79 Å². The zero-order valence-electron chi connectivity index (χ0n) is 6.53. The Balaban J connectivity index is 2.70. The Kier molecular flexibility index (Phi) is 2.20. The molecule has 5 nitrogen and oxygen atoms in total. The molecule has 1 heterocycles. The second kappa shape index (κ2) is 3.14. The highest BCUT2D eigenvalue weighted by Crippen LogP contribution is 1.95. The molecule has 0 fully saturated rings. The molecule has 1 N–H and O–H groups in total. The topological polar surface area (TPSA) is 59.8 Å². The van der Waals surface area contributed by atoms with Gasteiger partial charge in [0.25, 0.3) is 0 Å². The van der Waals surface area contributed by atoms with Gasteiger partial charge < -0.3 is 9.88 Å². The van der Waals surface area contributed by atoms with Crippen molar-refractivity contribution in [3.05, 3.63) is 11.6 Å². The van der Waals surface area contributed by atoms with Crippen molar-refractivity contribution in [1.29, 1.82) is 0 Å². The largest absolute Gasteiger partial charge is 0.351 e. The normalized spacial score (nSPS) is 9.64. The van der Waals surface area contributed by atoms with Crippen LogP contribution in [-0.2, 0) is 18.4 Å². The molecule has 0 saturated carbocycles. The Bertz CT molecular complexity index is 255. The summed E-state index contributed by atoms with van der Waals surface area (Å²) >= 11 is 0. The molecule has 1 amide bonds. The Hall–Kier alpha value is -1.39. The van der Waals surface area contributed by atoms with Gasteiger partial charge in [-0.25, -0.2) is 0 Å². The van der Waals surface area contributed by atoms with Crippen LogP contribution < -0.4 is 5.32 Å². The van der Waals surface area contributed by atoms with Crippen LogP contribution >= 0.6 is 0 Å². The van der Waals surface area contributed by atoms with Crippen LogP contribution in [0.25, 0.3) is 0 Å². The van der Waals surface area contributed by atoms with Crippen molar-refractivity contribution in [3.8, 4) is 0 Å². The number of nitrogens with zero attached hydrogens (tertiary/aromatic N) is 3. The molecule has 0 radical (unpaired) electrons. The number of carbonyl (C=O) groups excluding carboxylic acids is 1. The van der Waals surface area contributed by atoms with Crippen LogP contribution in [0.15, 0.2) is 0 Å². The first-order valence-electron chi connectivity index (χ1n) is 3.27. The summed E-state index contributed by atoms with van der Waals surface area (Å²) in [6.07, 6.45) is 0.643. The van der Waals surface area contributed by atoms with Gasteiger partial charge in [-0.15, -0.1) is 10.2 Å². The second-order valence-corrected chi connectivity index (χ2v) is 2.22. The number of aryl methyl sites for hydroxylation is 1. The summed E-state index contributed by atoms with van der Waals surface area (Å²) in [6, 6.07) is 0. The quantitative estimate of drug-likeness (QED) is 0.590. The van der Waals surface area contributed by atoms with Crippen LogP contribution in [0, 0.1) is 6.92 Å². The number of hydrogen-bond donors (Lipinski definition) is 1. The highest BCUT2D eigenvalue weighted by atomic mass is 16.1. The van der Waals surface area contributed by atoms with E-state index >= 15 is 0 Å². The molecule has 0 aliphatic carbocycles. The van der Waals surface area contributed by atoms with Crippen molar-refractivity contribution in [2.75, 3.05) is 0 Å². The standard InChI is InChI=1S/C6H10N4O/c1-5-8-9-6(10(5)2)3-7-4-11/h4H,3H2,1-2H3,(H,7,11). The van der Waals surface area contributed by atoms with Gasteiger partial charge in [-0.2, -0.15) is 0 Å². The van der Waals surface area contributed by atoms with Crippen LogP contribution in [0.5, 0.6) is 0 Å². The molecule has 0 aliphatic rings. The van der Waals surface area contributed by atoms with Crippen LogP contribution in [0.3, 0.4) is 0 Å². The molecule has 0 unspecified atom stereocenters. The summed E-state index contributed by atoms with van der Waals surface area (Å²) < 4.78 is 1.83. The zero-order valence-corrected chi connectivity index (χ0v) is 6.53. The van der Waals surface area contributed by atoms with Gasteiger partial charge in [0.1, 0.15) is 5.82 Å². The highest BCUT2D eigenvalue weighted by Gasteiger charge is 2.01. The van der Waals surface area contributed by atoms with E-state index in [1.807, 2.05) is 18.5 Å². The molecule has 1 aromatic rings. The van der Waals surface area contributed by atoms with E-state index in [0.29, 0.717) is 13.0 Å². The van der Waals surface area contributed by atoms with E-state index in [1.54, 1.807) is 0 Å². The molecule has 11 heavy (non-hydrogen) atoms. The Morgan fingerprint density at radius 2 is 2.36 bits per heavy atom. The third-order valence-electron chi connectivity index (χ3n) is 1.53. The average Bonchev–Trinajstić information content (AvgIpc) is 2.31. The van der Waals surface area contributed by atoms with Gasteiger partial charge in [-0.1, -0.05) is 0 Å². The summed E-state index contributed by atoms with van der Waals surface area (Å²) in [7, 11) is 1.86. The van der Waals surface area contributed by atoms with Crippen molar-refractivity contribution < 1.29 is 4.79 Å². The van der Waals surface area contributed by atoms with Crippen LogP contribution in [0.4, 0.5) is 0 Å². The molecule has 0 aliphatic heterocycles. The van der Waals surface area contributed by atoms with Gasteiger partial charge in [-0.3, -0.25) is 4.79 Å². The summed E-state index contributed by atoms with van der Waals surface area (Å²) in [5, 5.41) is 10.2. The lowest BCUT2D eigenvalue weighted by molar-refractivity contribution is -0.109. The van der Waals surface area contributed by atoms with E-state index in [-0.39, 0.29) is 0 Å². The molecule has 0 atom stereocenters. The molecule has 0 saturated heterocycles. The van der Waals surface area contributed by atoms with Crippen molar-refractivity contribution in [1.82, 2.24) is 20.1 Å². The molecule has 0 bridgehead atoms. The molecule has 1 rings (SSSR count). The minimum absolute atomic E-state index is 0.431. The van der Waals surface area contributed by atoms with Gasteiger partial charge in [0.15, 0.2) is 5.82 Å². The monoisotopic (exact) mass is 154 g/mol. The van der Waals surface area contributed by atoms with Gasteiger partial charge >= 0.3 is 0 Å². The minimum atomic E-state index is 0.431. The van der Waals surface area contributed by atoms with E-state index in [0.717, 1.165) is 11.6 Å².